The number of carboxylic acids is 1. The van der Waals surface area contributed by atoms with Gasteiger partial charge in [0.05, 0.1) is 5.56 Å². The van der Waals surface area contributed by atoms with Gasteiger partial charge in [0.25, 0.3) is 0 Å². The lowest BCUT2D eigenvalue weighted by Crippen LogP contribution is -2.34. The van der Waals surface area contributed by atoms with Gasteiger partial charge in [0.15, 0.2) is 5.60 Å². The number of carbonyl (C=O) groups is 1. The Kier molecular flexibility index (Phi) is 4.41. The van der Waals surface area contributed by atoms with Crippen LogP contribution < -0.4 is 16.2 Å². The molecule has 0 radical (unpaired) electrons. The van der Waals surface area contributed by atoms with E-state index in [1.165, 1.54) is 0 Å². The number of ether oxygens (including phenoxy) is 1. The van der Waals surface area contributed by atoms with Gasteiger partial charge in [0.2, 0.25) is 0 Å². The predicted molar refractivity (Wildman–Crippen MR) is 128 cm³/mol. The van der Waals surface area contributed by atoms with E-state index in [1.807, 2.05) is 85.8 Å². The lowest BCUT2D eigenvalue weighted by molar-refractivity contribution is 0.0695. The minimum atomic E-state index is -0.996. The van der Waals surface area contributed by atoms with Gasteiger partial charge in [-0.2, -0.15) is 0 Å². The van der Waals surface area contributed by atoms with E-state index in [0.29, 0.717) is 22.7 Å². The van der Waals surface area contributed by atoms with Crippen molar-refractivity contribution in [2.75, 3.05) is 11.5 Å². The molecule has 0 aliphatic carbocycles. The Balaban J connectivity index is 1.82. The smallest absolute Gasteiger partial charge is 0.336 e. The van der Waals surface area contributed by atoms with Crippen molar-refractivity contribution >= 4 is 34.2 Å². The molecule has 5 N–H and O–H groups in total. The number of nitrogen functional groups attached to an aromatic ring is 2. The van der Waals surface area contributed by atoms with Gasteiger partial charge in [-0.15, -0.1) is 0 Å². The molecule has 0 saturated heterocycles. The molecule has 1 heterocycles. The SMILES string of the molecule is Cc1ccc2cc(C(=O)O)c3c(c2c1)OC(c1ccc(N)cc1)(c1ccc(N)cc1)C=C3. The third-order valence-electron chi connectivity index (χ3n) is 5.95. The molecule has 1 aliphatic heterocycles. The number of fused-ring (bicyclic) bond motifs is 3. The molecule has 5 nitrogen and oxygen atoms in total. The number of nitrogens with two attached hydrogens (primary N) is 2. The monoisotopic (exact) mass is 422 g/mol. The number of aromatic carboxylic acids is 1. The molecule has 158 valence electrons. The maximum absolute atomic E-state index is 12.0. The van der Waals surface area contributed by atoms with Crippen molar-refractivity contribution in [3.8, 4) is 5.75 Å². The highest BCUT2D eigenvalue weighted by Gasteiger charge is 2.38. The predicted octanol–water partition coefficient (Wildman–Crippen LogP) is 5.36. The standard InChI is InChI=1S/C27H22N2O3/c1-16-2-3-17-15-24(26(30)31)22-12-13-27(32-25(22)23(17)14-16,18-4-8-20(28)9-5-18)19-6-10-21(29)11-7-19/h2-15H,28-29H2,1H3,(H,30,31). The first-order valence-corrected chi connectivity index (χ1v) is 10.3. The Morgan fingerprint density at radius 1 is 0.875 bits per heavy atom. The molecule has 5 heteroatoms. The van der Waals surface area contributed by atoms with E-state index in [9.17, 15) is 9.90 Å². The number of benzene rings is 4. The van der Waals surface area contributed by atoms with Crippen molar-refractivity contribution in [3.05, 3.63) is 107 Å². The zero-order valence-electron chi connectivity index (χ0n) is 17.5. The summed E-state index contributed by atoms with van der Waals surface area (Å²) in [5, 5.41) is 11.5. The highest BCUT2D eigenvalue weighted by Crippen LogP contribution is 2.46. The Hall–Kier alpha value is -4.25. The summed E-state index contributed by atoms with van der Waals surface area (Å²) in [5.41, 5.74) is 15.8. The fourth-order valence-corrected chi connectivity index (χ4v) is 4.28. The number of rotatable bonds is 3. The molecule has 0 fully saturated rings. The van der Waals surface area contributed by atoms with Gasteiger partial charge in [-0.05, 0) is 60.9 Å². The molecule has 1 aliphatic rings. The van der Waals surface area contributed by atoms with Gasteiger partial charge in [-0.3, -0.25) is 0 Å². The molecular weight excluding hydrogens is 400 g/mol. The average molecular weight is 422 g/mol. The second-order valence-corrected chi connectivity index (χ2v) is 8.11. The van der Waals surface area contributed by atoms with E-state index in [-0.39, 0.29) is 5.56 Å². The molecular formula is C27H22N2O3. The summed E-state index contributed by atoms with van der Waals surface area (Å²) < 4.78 is 6.80. The fourth-order valence-electron chi connectivity index (χ4n) is 4.28. The molecule has 0 amide bonds. The molecule has 32 heavy (non-hydrogen) atoms. The van der Waals surface area contributed by atoms with Crippen LogP contribution in [-0.2, 0) is 5.60 Å². The molecule has 0 aromatic heterocycles. The summed E-state index contributed by atoms with van der Waals surface area (Å²) in [5.74, 6) is -0.454. The zero-order valence-corrected chi connectivity index (χ0v) is 17.5. The second-order valence-electron chi connectivity index (χ2n) is 8.11. The van der Waals surface area contributed by atoms with E-state index in [1.54, 1.807) is 6.07 Å². The summed E-state index contributed by atoms with van der Waals surface area (Å²) in [7, 11) is 0. The first-order chi connectivity index (χ1) is 15.4. The third-order valence-corrected chi connectivity index (χ3v) is 5.95. The lowest BCUT2D eigenvalue weighted by Gasteiger charge is -2.37. The normalized spacial score (nSPS) is 14.0. The maximum Gasteiger partial charge on any atom is 0.336 e. The molecule has 0 atom stereocenters. The summed E-state index contributed by atoms with van der Waals surface area (Å²) in [6.07, 6.45) is 3.75. The summed E-state index contributed by atoms with van der Waals surface area (Å²) in [6.45, 7) is 2.00. The number of carboxylic acid groups (broad SMARTS) is 1. The Morgan fingerprint density at radius 2 is 1.47 bits per heavy atom. The van der Waals surface area contributed by atoms with Gasteiger partial charge in [-0.1, -0.05) is 42.0 Å². The Bertz CT molecular complexity index is 1340. The van der Waals surface area contributed by atoms with Crippen LogP contribution in [0.2, 0.25) is 0 Å². The summed E-state index contributed by atoms with van der Waals surface area (Å²) in [4.78, 5) is 12.0. The van der Waals surface area contributed by atoms with Crippen LogP contribution in [0.5, 0.6) is 5.75 Å². The van der Waals surface area contributed by atoms with Crippen LogP contribution in [-0.4, -0.2) is 11.1 Å². The van der Waals surface area contributed by atoms with Gasteiger partial charge in [-0.25, -0.2) is 4.79 Å². The van der Waals surface area contributed by atoms with Crippen LogP contribution in [0, 0.1) is 6.92 Å². The van der Waals surface area contributed by atoms with Gasteiger partial charge >= 0.3 is 5.97 Å². The molecule has 4 aromatic rings. The highest BCUT2D eigenvalue weighted by atomic mass is 16.5. The Labute approximate surface area is 185 Å². The Morgan fingerprint density at radius 3 is 2.03 bits per heavy atom. The first kappa shape index (κ1) is 19.7. The molecule has 0 unspecified atom stereocenters. The number of anilines is 2. The molecule has 5 rings (SSSR count). The van der Waals surface area contributed by atoms with Crippen LogP contribution >= 0.6 is 0 Å². The van der Waals surface area contributed by atoms with E-state index in [4.69, 9.17) is 16.2 Å². The van der Waals surface area contributed by atoms with Crippen LogP contribution in [0.1, 0.15) is 32.6 Å². The molecule has 0 saturated carbocycles. The molecule has 0 spiro atoms. The second kappa shape index (κ2) is 7.17. The summed E-state index contributed by atoms with van der Waals surface area (Å²) in [6, 6.07) is 22.6. The maximum atomic E-state index is 12.0. The van der Waals surface area contributed by atoms with Crippen molar-refractivity contribution in [3.63, 3.8) is 0 Å². The van der Waals surface area contributed by atoms with E-state index in [2.05, 4.69) is 0 Å². The van der Waals surface area contributed by atoms with Crippen molar-refractivity contribution in [1.82, 2.24) is 0 Å². The molecule has 4 aromatic carbocycles. The van der Waals surface area contributed by atoms with Crippen LogP contribution in [0.4, 0.5) is 11.4 Å². The quantitative estimate of drug-likeness (QED) is 0.386. The van der Waals surface area contributed by atoms with E-state index < -0.39 is 11.6 Å². The minimum absolute atomic E-state index is 0.204. The van der Waals surface area contributed by atoms with Gasteiger partial charge < -0.3 is 21.3 Å². The van der Waals surface area contributed by atoms with Crippen molar-refractivity contribution in [1.29, 1.82) is 0 Å². The molecule has 0 bridgehead atoms. The average Bonchev–Trinajstić information content (AvgIpc) is 2.79. The minimum Gasteiger partial charge on any atom is -0.478 e. The van der Waals surface area contributed by atoms with Crippen molar-refractivity contribution in [2.24, 2.45) is 0 Å². The largest absolute Gasteiger partial charge is 0.478 e. The number of hydrogen-bond acceptors (Lipinski definition) is 4. The summed E-state index contributed by atoms with van der Waals surface area (Å²) >= 11 is 0. The van der Waals surface area contributed by atoms with Crippen LogP contribution in [0.25, 0.3) is 16.8 Å². The zero-order chi connectivity index (χ0) is 22.5. The fraction of sp³-hybridized carbons (Fsp3) is 0.0741. The third kappa shape index (κ3) is 3.06. The van der Waals surface area contributed by atoms with Gasteiger partial charge in [0.1, 0.15) is 5.75 Å². The van der Waals surface area contributed by atoms with E-state index >= 15 is 0 Å². The first-order valence-electron chi connectivity index (χ1n) is 10.3. The number of hydrogen-bond donors (Lipinski definition) is 3. The van der Waals surface area contributed by atoms with Crippen molar-refractivity contribution in [2.45, 2.75) is 12.5 Å². The van der Waals surface area contributed by atoms with Crippen LogP contribution in [0.3, 0.4) is 0 Å². The van der Waals surface area contributed by atoms with E-state index in [0.717, 1.165) is 27.5 Å². The highest BCUT2D eigenvalue weighted by molar-refractivity contribution is 6.03. The lowest BCUT2D eigenvalue weighted by atomic mass is 9.82. The number of aryl methyl sites for hydroxylation is 1. The van der Waals surface area contributed by atoms with Crippen molar-refractivity contribution < 1.29 is 14.6 Å². The topological polar surface area (TPSA) is 98.6 Å². The van der Waals surface area contributed by atoms with Crippen LogP contribution in [0.15, 0.2) is 78.9 Å². The van der Waals surface area contributed by atoms with Gasteiger partial charge in [0, 0.05) is 33.5 Å².